The molecule has 2 amide bonds. The molecular formula is C15H16N6O2. The predicted octanol–water partition coefficient (Wildman–Crippen LogP) is 0.669. The number of aryl methyl sites for hydroxylation is 1. The third-order valence-corrected chi connectivity index (χ3v) is 3.36. The number of nitrogens with two attached hydrogens (primary N) is 1. The van der Waals surface area contributed by atoms with Gasteiger partial charge in [0.05, 0.1) is 18.8 Å². The molecule has 0 saturated carbocycles. The second kappa shape index (κ2) is 5.91. The van der Waals surface area contributed by atoms with Crippen LogP contribution < -0.4 is 21.7 Å². The van der Waals surface area contributed by atoms with Gasteiger partial charge in [0.15, 0.2) is 0 Å². The Morgan fingerprint density at radius 3 is 2.74 bits per heavy atom. The van der Waals surface area contributed by atoms with E-state index in [9.17, 15) is 9.59 Å². The summed E-state index contributed by atoms with van der Waals surface area (Å²) >= 11 is 0. The first-order chi connectivity index (χ1) is 11.0. The second-order valence-electron chi connectivity index (χ2n) is 5.21. The number of hydrogen-bond donors (Lipinski definition) is 4. The molecule has 23 heavy (non-hydrogen) atoms. The summed E-state index contributed by atoms with van der Waals surface area (Å²) in [5.41, 5.74) is 8.03. The maximum atomic E-state index is 12.0. The molecule has 0 fully saturated rings. The van der Waals surface area contributed by atoms with Crippen LogP contribution in [-0.4, -0.2) is 28.3 Å². The highest BCUT2D eigenvalue weighted by molar-refractivity contribution is 6.02. The van der Waals surface area contributed by atoms with Gasteiger partial charge in [0.1, 0.15) is 11.4 Å². The van der Waals surface area contributed by atoms with E-state index in [1.165, 1.54) is 0 Å². The van der Waals surface area contributed by atoms with Crippen molar-refractivity contribution >= 4 is 29.3 Å². The highest BCUT2D eigenvalue weighted by Gasteiger charge is 2.26. The molecule has 1 aromatic carbocycles. The number of hydrogen-bond acceptors (Lipinski definition) is 6. The van der Waals surface area contributed by atoms with Crippen molar-refractivity contribution in [3.05, 3.63) is 41.1 Å². The van der Waals surface area contributed by atoms with Crippen LogP contribution in [0.25, 0.3) is 0 Å². The van der Waals surface area contributed by atoms with E-state index in [1.54, 1.807) is 0 Å². The third-order valence-electron chi connectivity index (χ3n) is 3.36. The van der Waals surface area contributed by atoms with Gasteiger partial charge >= 0.3 is 0 Å². The van der Waals surface area contributed by atoms with Crippen LogP contribution in [0, 0.1) is 6.92 Å². The monoisotopic (exact) mass is 312 g/mol. The van der Waals surface area contributed by atoms with Crippen LogP contribution in [0.3, 0.4) is 0 Å². The summed E-state index contributed by atoms with van der Waals surface area (Å²) in [5, 5.41) is 8.58. The van der Waals surface area contributed by atoms with E-state index >= 15 is 0 Å². The Labute approximate surface area is 132 Å². The zero-order valence-electron chi connectivity index (χ0n) is 12.5. The van der Waals surface area contributed by atoms with E-state index in [0.29, 0.717) is 23.6 Å². The SMILES string of the molecule is Cc1ccc(Nc2nc(NCC(N)=O)nc3c2C(=O)NC3)cc1. The summed E-state index contributed by atoms with van der Waals surface area (Å²) in [6, 6.07) is 7.70. The standard InChI is InChI=1S/C15H16N6O2/c1-8-2-4-9(5-3-8)19-13-12-10(6-17-14(12)23)20-15(21-13)18-7-11(16)22/h2-5H,6-7H2,1H3,(H2,16,22)(H,17,23)(H2,18,19,20,21). The van der Waals surface area contributed by atoms with Crippen LogP contribution in [0.4, 0.5) is 17.5 Å². The quantitative estimate of drug-likeness (QED) is 0.643. The normalized spacial score (nSPS) is 12.5. The lowest BCUT2D eigenvalue weighted by Gasteiger charge is -2.11. The van der Waals surface area contributed by atoms with Gasteiger partial charge in [-0.2, -0.15) is 4.98 Å². The number of amides is 2. The van der Waals surface area contributed by atoms with Gasteiger partial charge < -0.3 is 21.7 Å². The van der Waals surface area contributed by atoms with Crippen molar-refractivity contribution in [3.8, 4) is 0 Å². The highest BCUT2D eigenvalue weighted by Crippen LogP contribution is 2.26. The minimum absolute atomic E-state index is 0.0792. The lowest BCUT2D eigenvalue weighted by molar-refractivity contribution is -0.116. The van der Waals surface area contributed by atoms with E-state index in [1.807, 2.05) is 31.2 Å². The maximum absolute atomic E-state index is 12.0. The largest absolute Gasteiger partial charge is 0.368 e. The summed E-state index contributed by atoms with van der Waals surface area (Å²) in [6.07, 6.45) is 0. The number of aromatic nitrogens is 2. The van der Waals surface area contributed by atoms with Crippen LogP contribution in [-0.2, 0) is 11.3 Å². The molecule has 118 valence electrons. The van der Waals surface area contributed by atoms with Gasteiger partial charge in [-0.3, -0.25) is 9.59 Å². The molecule has 0 atom stereocenters. The number of benzene rings is 1. The van der Waals surface area contributed by atoms with Gasteiger partial charge in [-0.25, -0.2) is 4.98 Å². The zero-order valence-corrected chi connectivity index (χ0v) is 12.5. The molecule has 3 rings (SSSR count). The highest BCUT2D eigenvalue weighted by atomic mass is 16.2. The molecule has 1 aliphatic heterocycles. The number of nitrogens with zero attached hydrogens (tertiary/aromatic N) is 2. The number of carbonyl (C=O) groups is 2. The van der Waals surface area contributed by atoms with Crippen molar-refractivity contribution in [1.29, 1.82) is 0 Å². The summed E-state index contributed by atoms with van der Waals surface area (Å²) in [4.78, 5) is 31.4. The first-order valence-corrected chi connectivity index (χ1v) is 7.08. The van der Waals surface area contributed by atoms with Crippen LogP contribution in [0.2, 0.25) is 0 Å². The molecular weight excluding hydrogens is 296 g/mol. The summed E-state index contributed by atoms with van der Waals surface area (Å²) in [7, 11) is 0. The van der Waals surface area contributed by atoms with E-state index in [4.69, 9.17) is 5.73 Å². The Bertz CT molecular complexity index is 772. The molecule has 0 spiro atoms. The third kappa shape index (κ3) is 3.20. The summed E-state index contributed by atoms with van der Waals surface area (Å²) in [5.74, 6) is -0.109. The Morgan fingerprint density at radius 2 is 2.04 bits per heavy atom. The molecule has 0 bridgehead atoms. The number of carbonyl (C=O) groups excluding carboxylic acids is 2. The summed E-state index contributed by atoms with van der Waals surface area (Å²) < 4.78 is 0. The fourth-order valence-corrected chi connectivity index (χ4v) is 2.24. The molecule has 0 radical (unpaired) electrons. The van der Waals surface area contributed by atoms with Crippen molar-refractivity contribution in [1.82, 2.24) is 15.3 Å². The molecule has 1 aromatic heterocycles. The van der Waals surface area contributed by atoms with Crippen LogP contribution >= 0.6 is 0 Å². The van der Waals surface area contributed by atoms with Crippen molar-refractivity contribution in [3.63, 3.8) is 0 Å². The second-order valence-corrected chi connectivity index (χ2v) is 5.21. The van der Waals surface area contributed by atoms with Gasteiger partial charge in [0, 0.05) is 5.69 Å². The number of rotatable bonds is 5. The van der Waals surface area contributed by atoms with Gasteiger partial charge in [-0.05, 0) is 19.1 Å². The Balaban J connectivity index is 1.94. The molecule has 0 saturated heterocycles. The zero-order chi connectivity index (χ0) is 16.4. The smallest absolute Gasteiger partial charge is 0.257 e. The molecule has 0 unspecified atom stereocenters. The minimum atomic E-state index is -0.517. The first kappa shape index (κ1) is 14.8. The molecule has 1 aliphatic rings. The van der Waals surface area contributed by atoms with Crippen molar-refractivity contribution in [2.45, 2.75) is 13.5 Å². The number of primary amides is 1. The molecule has 8 heteroatoms. The lowest BCUT2D eigenvalue weighted by Crippen LogP contribution is -2.23. The molecule has 5 N–H and O–H groups in total. The van der Waals surface area contributed by atoms with Crippen LogP contribution in [0.5, 0.6) is 0 Å². The van der Waals surface area contributed by atoms with Crippen molar-refractivity contribution in [2.24, 2.45) is 5.73 Å². The van der Waals surface area contributed by atoms with E-state index in [2.05, 4.69) is 25.9 Å². The molecule has 2 aromatic rings. The van der Waals surface area contributed by atoms with Crippen LogP contribution in [0.15, 0.2) is 24.3 Å². The average Bonchev–Trinajstić information content (AvgIpc) is 2.89. The van der Waals surface area contributed by atoms with Gasteiger partial charge in [-0.15, -0.1) is 0 Å². The maximum Gasteiger partial charge on any atom is 0.257 e. The van der Waals surface area contributed by atoms with E-state index in [0.717, 1.165) is 11.3 Å². The number of nitrogens with one attached hydrogen (secondary N) is 3. The molecule has 8 nitrogen and oxygen atoms in total. The number of fused-ring (bicyclic) bond motifs is 1. The lowest BCUT2D eigenvalue weighted by atomic mass is 10.2. The topological polar surface area (TPSA) is 122 Å². The van der Waals surface area contributed by atoms with Crippen molar-refractivity contribution < 1.29 is 9.59 Å². The summed E-state index contributed by atoms with van der Waals surface area (Å²) in [6.45, 7) is 2.24. The molecule has 2 heterocycles. The molecule has 0 aliphatic carbocycles. The fourth-order valence-electron chi connectivity index (χ4n) is 2.24. The van der Waals surface area contributed by atoms with Gasteiger partial charge in [0.2, 0.25) is 11.9 Å². The van der Waals surface area contributed by atoms with E-state index < -0.39 is 5.91 Å². The number of anilines is 3. The van der Waals surface area contributed by atoms with Crippen molar-refractivity contribution in [2.75, 3.05) is 17.2 Å². The Kier molecular flexibility index (Phi) is 3.80. The van der Waals surface area contributed by atoms with Gasteiger partial charge in [0.25, 0.3) is 5.91 Å². The first-order valence-electron chi connectivity index (χ1n) is 7.08. The minimum Gasteiger partial charge on any atom is -0.368 e. The fraction of sp³-hybridized carbons (Fsp3) is 0.200. The van der Waals surface area contributed by atoms with E-state index in [-0.39, 0.29) is 18.4 Å². The average molecular weight is 312 g/mol. The predicted molar refractivity (Wildman–Crippen MR) is 85.3 cm³/mol. The Morgan fingerprint density at radius 1 is 1.30 bits per heavy atom. The van der Waals surface area contributed by atoms with Gasteiger partial charge in [-0.1, -0.05) is 17.7 Å². The van der Waals surface area contributed by atoms with Crippen LogP contribution in [0.1, 0.15) is 21.6 Å². The Hall–Kier alpha value is -3.16.